The summed E-state index contributed by atoms with van der Waals surface area (Å²) < 4.78 is 16.6. The molecule has 1 amide bonds. The highest BCUT2D eigenvalue weighted by Gasteiger charge is 2.28. The summed E-state index contributed by atoms with van der Waals surface area (Å²) in [5.41, 5.74) is 2.17. The number of piperidine rings is 1. The fraction of sp³-hybridized carbons (Fsp3) is 0.227. The number of likely N-dealkylation sites (tertiary alicyclic amines) is 1. The van der Waals surface area contributed by atoms with Gasteiger partial charge in [0, 0.05) is 30.9 Å². The lowest BCUT2D eigenvalue weighted by atomic mass is 9.97. The van der Waals surface area contributed by atoms with Crippen LogP contribution in [0.5, 0.6) is 0 Å². The fourth-order valence-electron chi connectivity index (χ4n) is 3.93. The zero-order chi connectivity index (χ0) is 20.7. The minimum Gasteiger partial charge on any atom is -0.337 e. The molecule has 1 fully saturated rings. The summed E-state index contributed by atoms with van der Waals surface area (Å²) >= 11 is 7.10. The van der Waals surface area contributed by atoms with Crippen LogP contribution in [-0.4, -0.2) is 38.4 Å². The highest BCUT2D eigenvalue weighted by molar-refractivity contribution is 7.71. The minimum absolute atomic E-state index is 0.0746. The van der Waals surface area contributed by atoms with E-state index in [4.69, 9.17) is 17.2 Å². The van der Waals surface area contributed by atoms with Gasteiger partial charge >= 0.3 is 0 Å². The molecular weight excluding hydrogens is 419 g/mol. The summed E-state index contributed by atoms with van der Waals surface area (Å²) in [5, 5.41) is 1.15. The molecule has 2 aromatic carbocycles. The van der Waals surface area contributed by atoms with Gasteiger partial charge in [0.2, 0.25) is 0 Å². The van der Waals surface area contributed by atoms with E-state index in [1.807, 2.05) is 23.1 Å². The molecule has 0 radical (unpaired) electrons. The number of para-hydroxylation sites is 1. The van der Waals surface area contributed by atoms with Crippen LogP contribution in [-0.2, 0) is 0 Å². The minimum atomic E-state index is -0.328. The molecule has 5 rings (SSSR count). The number of rotatable bonds is 3. The van der Waals surface area contributed by atoms with E-state index in [0.717, 1.165) is 23.4 Å². The summed E-state index contributed by atoms with van der Waals surface area (Å²) in [6, 6.07) is 14.1. The zero-order valence-corrected chi connectivity index (χ0v) is 17.7. The van der Waals surface area contributed by atoms with E-state index in [9.17, 15) is 9.18 Å². The topological polar surface area (TPSA) is 53.9 Å². The third kappa shape index (κ3) is 3.46. The highest BCUT2D eigenvalue weighted by atomic mass is 32.1. The van der Waals surface area contributed by atoms with Gasteiger partial charge in [-0.2, -0.15) is 0 Å². The Morgan fingerprint density at radius 1 is 1.13 bits per heavy atom. The Morgan fingerprint density at radius 2 is 1.87 bits per heavy atom. The lowest BCUT2D eigenvalue weighted by Crippen LogP contribution is -2.38. The molecule has 30 heavy (non-hydrogen) atoms. The number of aromatic amines is 1. The van der Waals surface area contributed by atoms with Gasteiger partial charge < -0.3 is 9.88 Å². The van der Waals surface area contributed by atoms with E-state index in [0.29, 0.717) is 35.2 Å². The Labute approximate surface area is 181 Å². The monoisotopic (exact) mass is 438 g/mol. The number of imidazole rings is 1. The van der Waals surface area contributed by atoms with Crippen molar-refractivity contribution in [2.24, 2.45) is 0 Å². The Morgan fingerprint density at radius 3 is 2.60 bits per heavy atom. The molecule has 2 aromatic heterocycles. The van der Waals surface area contributed by atoms with Crippen molar-refractivity contribution in [3.05, 3.63) is 76.0 Å². The lowest BCUT2D eigenvalue weighted by molar-refractivity contribution is 0.0704. The Kier molecular flexibility index (Phi) is 4.96. The smallest absolute Gasteiger partial charge is 0.272 e. The number of thiazole rings is 1. The van der Waals surface area contributed by atoms with Gasteiger partial charge in [-0.1, -0.05) is 12.1 Å². The van der Waals surface area contributed by atoms with Gasteiger partial charge in [-0.25, -0.2) is 9.37 Å². The van der Waals surface area contributed by atoms with Gasteiger partial charge in [0.15, 0.2) is 4.77 Å². The number of fused-ring (bicyclic) bond motifs is 1. The summed E-state index contributed by atoms with van der Waals surface area (Å²) in [6.07, 6.45) is 3.40. The van der Waals surface area contributed by atoms with E-state index < -0.39 is 0 Å². The van der Waals surface area contributed by atoms with Crippen LogP contribution in [0.4, 0.5) is 4.39 Å². The number of carbonyl (C=O) groups excluding carboxylic acids is 1. The largest absolute Gasteiger partial charge is 0.337 e. The van der Waals surface area contributed by atoms with E-state index >= 15 is 0 Å². The molecule has 0 aliphatic carbocycles. The number of aromatic nitrogens is 3. The van der Waals surface area contributed by atoms with Gasteiger partial charge in [-0.3, -0.25) is 9.36 Å². The predicted molar refractivity (Wildman–Crippen MR) is 118 cm³/mol. The van der Waals surface area contributed by atoms with Crippen molar-refractivity contribution in [3.63, 3.8) is 0 Å². The van der Waals surface area contributed by atoms with Gasteiger partial charge in [0.25, 0.3) is 5.91 Å². The first kappa shape index (κ1) is 19.1. The van der Waals surface area contributed by atoms with Gasteiger partial charge in [0.1, 0.15) is 11.5 Å². The highest BCUT2D eigenvalue weighted by Crippen LogP contribution is 2.34. The van der Waals surface area contributed by atoms with E-state index in [2.05, 4.69) is 11.1 Å². The van der Waals surface area contributed by atoms with Crippen LogP contribution < -0.4 is 0 Å². The Balaban J connectivity index is 1.34. The first-order valence-corrected chi connectivity index (χ1v) is 11.0. The molecular formula is C22H19FN4OS2. The molecule has 1 saturated heterocycles. The molecule has 1 aliphatic rings. The van der Waals surface area contributed by atoms with Crippen molar-refractivity contribution in [1.82, 2.24) is 19.4 Å². The average Bonchev–Trinajstić information content (AvgIpc) is 3.38. The molecule has 4 aromatic rings. The number of hydrogen-bond donors (Lipinski definition) is 1. The first-order valence-electron chi connectivity index (χ1n) is 9.81. The van der Waals surface area contributed by atoms with Crippen LogP contribution in [0.1, 0.15) is 34.3 Å². The molecule has 5 nitrogen and oxygen atoms in total. The van der Waals surface area contributed by atoms with Crippen molar-refractivity contribution in [2.75, 3.05) is 13.1 Å². The van der Waals surface area contributed by atoms with Crippen molar-refractivity contribution in [1.29, 1.82) is 0 Å². The maximum atomic E-state index is 13.3. The SMILES string of the molecule is O=C(c1c[nH]c(=S)n1-c1ccc(F)cc1)N1CCC(c2nc3ccccc3s2)CC1. The maximum Gasteiger partial charge on any atom is 0.272 e. The Bertz CT molecular complexity index is 1230. The van der Waals surface area contributed by atoms with Crippen LogP contribution in [0.2, 0.25) is 0 Å². The number of amides is 1. The summed E-state index contributed by atoms with van der Waals surface area (Å²) in [7, 11) is 0. The van der Waals surface area contributed by atoms with Crippen molar-refractivity contribution >= 4 is 39.7 Å². The van der Waals surface area contributed by atoms with Gasteiger partial charge in [-0.05, 0) is 61.5 Å². The second-order valence-corrected chi connectivity index (χ2v) is 8.83. The lowest BCUT2D eigenvalue weighted by Gasteiger charge is -2.31. The number of nitrogens with one attached hydrogen (secondary N) is 1. The van der Waals surface area contributed by atoms with Crippen LogP contribution in [0, 0.1) is 10.6 Å². The number of hydrogen-bond acceptors (Lipinski definition) is 4. The van der Waals surface area contributed by atoms with Crippen LogP contribution >= 0.6 is 23.6 Å². The van der Waals surface area contributed by atoms with Crippen molar-refractivity contribution in [3.8, 4) is 5.69 Å². The molecule has 0 spiro atoms. The predicted octanol–water partition coefficient (Wildman–Crippen LogP) is 5.30. The van der Waals surface area contributed by atoms with E-state index in [1.54, 1.807) is 34.2 Å². The van der Waals surface area contributed by atoms with E-state index in [-0.39, 0.29) is 11.7 Å². The maximum absolute atomic E-state index is 13.3. The molecule has 0 bridgehead atoms. The molecule has 0 atom stereocenters. The zero-order valence-electron chi connectivity index (χ0n) is 16.0. The Hall–Kier alpha value is -2.84. The number of nitrogens with zero attached hydrogens (tertiary/aromatic N) is 3. The van der Waals surface area contributed by atoms with Crippen molar-refractivity contribution < 1.29 is 9.18 Å². The molecule has 3 heterocycles. The van der Waals surface area contributed by atoms with Gasteiger partial charge in [0.05, 0.1) is 15.2 Å². The third-order valence-electron chi connectivity index (χ3n) is 5.52. The fourth-order valence-corrected chi connectivity index (χ4v) is 5.33. The normalized spacial score (nSPS) is 15.0. The first-order chi connectivity index (χ1) is 14.6. The number of H-pyrrole nitrogens is 1. The van der Waals surface area contributed by atoms with Crippen LogP contribution in [0.3, 0.4) is 0 Å². The molecule has 0 saturated carbocycles. The molecule has 8 heteroatoms. The summed E-state index contributed by atoms with van der Waals surface area (Å²) in [6.45, 7) is 1.33. The quantitative estimate of drug-likeness (QED) is 0.442. The summed E-state index contributed by atoms with van der Waals surface area (Å²) in [5.74, 6) is -0.0311. The van der Waals surface area contributed by atoms with E-state index in [1.165, 1.54) is 16.8 Å². The number of halogens is 1. The second-order valence-electron chi connectivity index (χ2n) is 7.38. The van der Waals surface area contributed by atoms with Gasteiger partial charge in [-0.15, -0.1) is 11.3 Å². The van der Waals surface area contributed by atoms with Crippen LogP contribution in [0.15, 0.2) is 54.7 Å². The molecule has 152 valence electrons. The molecule has 1 aliphatic heterocycles. The molecule has 1 N–H and O–H groups in total. The standard InChI is InChI=1S/C22H19FN4OS2/c23-15-5-7-16(8-6-15)27-18(13-24-22(27)29)21(28)26-11-9-14(10-12-26)20-25-17-3-1-2-4-19(17)30-20/h1-8,13-14H,9-12H2,(H,24,29). The van der Waals surface area contributed by atoms with Crippen molar-refractivity contribution in [2.45, 2.75) is 18.8 Å². The third-order valence-corrected chi connectivity index (χ3v) is 7.02. The molecule has 0 unspecified atom stereocenters. The average molecular weight is 439 g/mol. The number of carbonyl (C=O) groups is 1. The summed E-state index contributed by atoms with van der Waals surface area (Å²) in [4.78, 5) is 22.8. The second kappa shape index (κ2) is 7.77. The van der Waals surface area contributed by atoms with Crippen LogP contribution in [0.25, 0.3) is 15.9 Å². The number of benzene rings is 2.